The number of halogens is 1. The molecule has 7 heteroatoms. The number of rotatable bonds is 7. The number of aromatic nitrogens is 2. The van der Waals surface area contributed by atoms with Crippen LogP contribution in [0.5, 0.6) is 5.75 Å². The fourth-order valence-electron chi connectivity index (χ4n) is 3.50. The van der Waals surface area contributed by atoms with Crippen LogP contribution < -0.4 is 10.1 Å². The minimum absolute atomic E-state index is 0.301. The number of nitrogens with zero attached hydrogens (tertiary/aromatic N) is 2. The van der Waals surface area contributed by atoms with Crippen molar-refractivity contribution in [3.05, 3.63) is 90.4 Å². The highest BCUT2D eigenvalue weighted by Crippen LogP contribution is 2.29. The maximum absolute atomic E-state index is 13.2. The van der Waals surface area contributed by atoms with Crippen LogP contribution in [-0.2, 0) is 4.79 Å². The Morgan fingerprint density at radius 3 is 2.58 bits per heavy atom. The number of ether oxygens (including phenoxy) is 1. The molecular formula is C24H22FN3O3. The molecule has 4 aromatic rings. The molecule has 0 bridgehead atoms. The van der Waals surface area contributed by atoms with Crippen molar-refractivity contribution in [1.82, 2.24) is 15.1 Å². The van der Waals surface area contributed by atoms with Gasteiger partial charge in [0.25, 0.3) is 0 Å². The molecule has 0 fully saturated rings. The van der Waals surface area contributed by atoms with Gasteiger partial charge in [0.1, 0.15) is 24.3 Å². The molecule has 2 N–H and O–H groups in total. The summed E-state index contributed by atoms with van der Waals surface area (Å²) >= 11 is 0. The van der Waals surface area contributed by atoms with Crippen LogP contribution in [0.2, 0.25) is 0 Å². The van der Waals surface area contributed by atoms with Gasteiger partial charge in [0.05, 0.1) is 23.4 Å². The van der Waals surface area contributed by atoms with Crippen molar-refractivity contribution in [1.29, 1.82) is 0 Å². The second-order valence-electron chi connectivity index (χ2n) is 7.22. The fraction of sp³-hybridized carbons (Fsp3) is 0.167. The van der Waals surface area contributed by atoms with Crippen molar-refractivity contribution < 1.29 is 19.0 Å². The van der Waals surface area contributed by atoms with E-state index in [2.05, 4.69) is 10.4 Å². The molecule has 0 aliphatic carbocycles. The van der Waals surface area contributed by atoms with E-state index in [1.807, 2.05) is 55.5 Å². The molecule has 1 amide bonds. The first-order valence-corrected chi connectivity index (χ1v) is 9.90. The maximum Gasteiger partial charge on any atom is 0.246 e. The van der Waals surface area contributed by atoms with Crippen LogP contribution in [0.4, 0.5) is 4.39 Å². The van der Waals surface area contributed by atoms with E-state index in [0.717, 1.165) is 22.2 Å². The van der Waals surface area contributed by atoms with E-state index < -0.39 is 18.6 Å². The summed E-state index contributed by atoms with van der Waals surface area (Å²) < 4.78 is 21.2. The van der Waals surface area contributed by atoms with Crippen LogP contribution in [0.25, 0.3) is 16.6 Å². The Labute approximate surface area is 178 Å². The molecule has 4 rings (SSSR count). The fourth-order valence-corrected chi connectivity index (χ4v) is 3.50. The van der Waals surface area contributed by atoms with E-state index in [9.17, 15) is 9.18 Å². The Kier molecular flexibility index (Phi) is 5.95. The number of fused-ring (bicyclic) bond motifs is 1. The second-order valence-corrected chi connectivity index (χ2v) is 7.22. The number of hydrogen-bond donors (Lipinski definition) is 2. The molecule has 3 aromatic carbocycles. The average molecular weight is 419 g/mol. The minimum Gasteiger partial charge on any atom is -0.484 e. The van der Waals surface area contributed by atoms with Crippen molar-refractivity contribution in [2.24, 2.45) is 0 Å². The van der Waals surface area contributed by atoms with E-state index in [4.69, 9.17) is 9.84 Å². The second kappa shape index (κ2) is 8.97. The number of carbonyl (C=O) groups excluding carboxylic acids is 1. The van der Waals surface area contributed by atoms with E-state index in [1.165, 1.54) is 12.1 Å². The molecule has 0 radical (unpaired) electrons. The zero-order chi connectivity index (χ0) is 21.8. The van der Waals surface area contributed by atoms with Crippen molar-refractivity contribution in [3.63, 3.8) is 0 Å². The summed E-state index contributed by atoms with van der Waals surface area (Å²) in [6.45, 7) is 1.25. The predicted octanol–water partition coefficient (Wildman–Crippen LogP) is 3.78. The van der Waals surface area contributed by atoms with Gasteiger partial charge in [-0.05, 0) is 55.0 Å². The van der Waals surface area contributed by atoms with Gasteiger partial charge in [0.2, 0.25) is 5.91 Å². The van der Waals surface area contributed by atoms with E-state index in [-0.39, 0.29) is 11.9 Å². The summed E-state index contributed by atoms with van der Waals surface area (Å²) in [7, 11) is 0. The van der Waals surface area contributed by atoms with Gasteiger partial charge in [0, 0.05) is 5.39 Å². The molecular weight excluding hydrogens is 397 g/mol. The van der Waals surface area contributed by atoms with Gasteiger partial charge in [-0.15, -0.1) is 0 Å². The smallest absolute Gasteiger partial charge is 0.246 e. The summed E-state index contributed by atoms with van der Waals surface area (Å²) in [5, 5.41) is 17.1. The highest BCUT2D eigenvalue weighted by Gasteiger charge is 2.23. The third-order valence-corrected chi connectivity index (χ3v) is 4.99. The van der Waals surface area contributed by atoms with Gasteiger partial charge in [-0.3, -0.25) is 4.79 Å². The van der Waals surface area contributed by atoms with Gasteiger partial charge in [-0.2, -0.15) is 5.10 Å². The Morgan fingerprint density at radius 1 is 1.13 bits per heavy atom. The molecule has 0 saturated heterocycles. The molecule has 0 saturated carbocycles. The summed E-state index contributed by atoms with van der Waals surface area (Å²) in [5.41, 5.74) is 2.51. The van der Waals surface area contributed by atoms with Crippen molar-refractivity contribution in [2.75, 3.05) is 6.61 Å². The Hall–Kier alpha value is -3.71. The largest absolute Gasteiger partial charge is 0.484 e. The lowest BCUT2D eigenvalue weighted by molar-refractivity contribution is -0.125. The van der Waals surface area contributed by atoms with Gasteiger partial charge < -0.3 is 15.2 Å². The minimum atomic E-state index is -0.583. The normalized spacial score (nSPS) is 13.0. The van der Waals surface area contributed by atoms with Crippen LogP contribution in [0.3, 0.4) is 0 Å². The first-order valence-electron chi connectivity index (χ1n) is 9.90. The predicted molar refractivity (Wildman–Crippen MR) is 116 cm³/mol. The lowest BCUT2D eigenvalue weighted by Crippen LogP contribution is -2.40. The molecule has 0 aliphatic rings. The molecule has 0 aliphatic heterocycles. The van der Waals surface area contributed by atoms with Gasteiger partial charge in [0.15, 0.2) is 0 Å². The third kappa shape index (κ3) is 4.57. The molecule has 0 unspecified atom stereocenters. The lowest BCUT2D eigenvalue weighted by Gasteiger charge is -2.26. The summed E-state index contributed by atoms with van der Waals surface area (Å²) in [6, 6.07) is 20.9. The molecule has 0 spiro atoms. The first kappa shape index (κ1) is 20.6. The monoisotopic (exact) mass is 419 g/mol. The number of hydrogen-bond acceptors (Lipinski definition) is 4. The molecule has 31 heavy (non-hydrogen) atoms. The Balaban J connectivity index is 1.63. The Morgan fingerprint density at radius 2 is 1.87 bits per heavy atom. The van der Waals surface area contributed by atoms with E-state index >= 15 is 0 Å². The summed E-state index contributed by atoms with van der Waals surface area (Å²) in [6.07, 6.45) is 1.27. The zero-order valence-electron chi connectivity index (χ0n) is 16.9. The van der Waals surface area contributed by atoms with Crippen molar-refractivity contribution in [2.45, 2.75) is 19.1 Å². The van der Waals surface area contributed by atoms with E-state index in [1.54, 1.807) is 23.0 Å². The molecule has 2 atom stereocenters. The SMILES string of the molecule is C[C@H](NC(=O)CO)[C@H](Oc1ccc2c(cnn2-c2ccc(F)cc2)c1)c1ccccc1. The number of aliphatic hydroxyl groups is 1. The van der Waals surface area contributed by atoms with Crippen LogP contribution in [0.15, 0.2) is 79.0 Å². The molecule has 1 aromatic heterocycles. The topological polar surface area (TPSA) is 76.4 Å². The number of nitrogens with one attached hydrogen (secondary N) is 1. The number of aliphatic hydroxyl groups excluding tert-OH is 1. The van der Waals surface area contributed by atoms with Crippen molar-refractivity contribution >= 4 is 16.8 Å². The number of benzene rings is 3. The molecule has 1 heterocycles. The Bertz CT molecular complexity index is 1180. The summed E-state index contributed by atoms with van der Waals surface area (Å²) in [4.78, 5) is 11.7. The van der Waals surface area contributed by atoms with Crippen LogP contribution in [0, 0.1) is 5.82 Å². The number of carbonyl (C=O) groups is 1. The summed E-state index contributed by atoms with van der Waals surface area (Å²) in [5.74, 6) is -0.150. The lowest BCUT2D eigenvalue weighted by atomic mass is 10.0. The zero-order valence-corrected chi connectivity index (χ0v) is 16.9. The van der Waals surface area contributed by atoms with Gasteiger partial charge in [-0.1, -0.05) is 30.3 Å². The molecule has 6 nitrogen and oxygen atoms in total. The van der Waals surface area contributed by atoms with Gasteiger partial charge in [-0.25, -0.2) is 9.07 Å². The van der Waals surface area contributed by atoms with Crippen molar-refractivity contribution in [3.8, 4) is 11.4 Å². The third-order valence-electron chi connectivity index (χ3n) is 4.99. The molecule has 158 valence electrons. The van der Waals surface area contributed by atoms with E-state index in [0.29, 0.717) is 5.75 Å². The van der Waals surface area contributed by atoms with Crippen LogP contribution >= 0.6 is 0 Å². The highest BCUT2D eigenvalue weighted by atomic mass is 19.1. The average Bonchev–Trinajstić information content (AvgIpc) is 3.21. The first-order chi connectivity index (χ1) is 15.0. The maximum atomic E-state index is 13.2. The van der Waals surface area contributed by atoms with Crippen LogP contribution in [-0.4, -0.2) is 33.4 Å². The number of amides is 1. The highest BCUT2D eigenvalue weighted by molar-refractivity contribution is 5.81. The standard InChI is InChI=1S/C24H22FN3O3/c1-16(27-23(30)15-29)24(17-5-3-2-4-6-17)31-21-11-12-22-18(13-21)14-26-28(22)20-9-7-19(25)8-10-20/h2-14,16,24,29H,15H2,1H3,(H,27,30)/t16-,24-/m0/s1. The quantitative estimate of drug-likeness (QED) is 0.478. The van der Waals surface area contributed by atoms with Gasteiger partial charge >= 0.3 is 0 Å². The van der Waals surface area contributed by atoms with Crippen LogP contribution in [0.1, 0.15) is 18.6 Å².